The predicted octanol–water partition coefficient (Wildman–Crippen LogP) is 18.2. The number of anilines is 2. The zero-order chi connectivity index (χ0) is 90.2. The van der Waals surface area contributed by atoms with Gasteiger partial charge in [-0.05, 0) is 288 Å². The van der Waals surface area contributed by atoms with Crippen molar-refractivity contribution in [2.45, 2.75) is 430 Å². The van der Waals surface area contributed by atoms with Crippen LogP contribution in [-0.2, 0) is 48.8 Å². The number of carbonyl (C=O) groups excluding carboxylic acids is 6. The first-order valence-electron chi connectivity index (χ1n) is 47.3. The number of aromatic nitrogens is 3. The van der Waals surface area contributed by atoms with Gasteiger partial charge >= 0.3 is 0 Å². The zero-order valence-corrected chi connectivity index (χ0v) is 82.4. The number of piperidine rings is 4. The fourth-order valence-electron chi connectivity index (χ4n) is 25.5. The quantitative estimate of drug-likeness (QED) is 0.0258. The molecule has 2 aliphatic carbocycles. The van der Waals surface area contributed by atoms with E-state index in [4.69, 9.17) is 24.1 Å². The Hall–Kier alpha value is -5.59. The molecule has 3 aromatic rings. The first-order valence-corrected chi connectivity index (χ1v) is 50.4. The third-order valence-electron chi connectivity index (χ3n) is 29.1. The lowest BCUT2D eigenvalue weighted by Gasteiger charge is -2.49. The van der Waals surface area contributed by atoms with E-state index in [1.54, 1.807) is 0 Å². The molecule has 21 nitrogen and oxygen atoms in total. The van der Waals surface area contributed by atoms with Crippen LogP contribution in [-0.4, -0.2) is 200 Å². The average molecular weight is 1710 g/mol. The van der Waals surface area contributed by atoms with Gasteiger partial charge in [0.2, 0.25) is 47.3 Å². The Morgan fingerprint density at radius 2 is 0.984 bits per heavy atom. The van der Waals surface area contributed by atoms with Crippen molar-refractivity contribution >= 4 is 55.7 Å². The van der Waals surface area contributed by atoms with Gasteiger partial charge in [0.05, 0.1) is 23.9 Å². The Morgan fingerprint density at radius 3 is 1.50 bits per heavy atom. The molecule has 686 valence electrons. The molecule has 6 amide bonds. The van der Waals surface area contributed by atoms with Crippen LogP contribution in [0, 0.1) is 41.4 Å². The Kier molecular flexibility index (Phi) is 30.7. The van der Waals surface area contributed by atoms with E-state index in [-0.39, 0.29) is 130 Å². The van der Waals surface area contributed by atoms with Crippen molar-refractivity contribution in [3.8, 4) is 0 Å². The number of ether oxygens (including phenoxy) is 1. The predicted molar refractivity (Wildman–Crippen MR) is 499 cm³/mol. The minimum Gasteiger partial charge on any atom is -0.420 e. The zero-order valence-electron chi connectivity index (χ0n) is 81.4. The van der Waals surface area contributed by atoms with Crippen molar-refractivity contribution in [3.63, 3.8) is 0 Å². The summed E-state index contributed by atoms with van der Waals surface area (Å²) in [7, 11) is 4.29. The Labute approximate surface area is 740 Å². The highest BCUT2D eigenvalue weighted by Crippen LogP contribution is 2.55. The van der Waals surface area contributed by atoms with E-state index in [1.165, 1.54) is 98.5 Å². The van der Waals surface area contributed by atoms with Crippen LogP contribution in [0.25, 0.3) is 0 Å². The SMILES string of the molecule is CN1C(=O)C(CC(C)(c2ccccc2)C2CC(=O)N(C3CC(C)(C)NC(C)(C)C3)C2=O)C(C(C)(CC2CC(=O)N(C3CC(C)(C)CC(C)(C)C3)C2=O)c2ccccc2)C1=O.CO[Si](C)(C)CCCOC1CC(C)(C)NC(C)(C)C1.Cc1nc(NC2CCCCC2)nc(N(CCCCCCN(C)C2CC(C)(C)NC(C)(C)C2)C2CC(C)(C)NC(C)(C)C2)n1.[HH]. The minimum absolute atomic E-state index is 0. The second-order valence-corrected chi connectivity index (χ2v) is 52.0. The smallest absolute Gasteiger partial charge is 0.233 e. The number of nitrogens with one attached hydrogen (secondary N) is 5. The maximum atomic E-state index is 14.9. The molecule has 2 saturated carbocycles. The van der Waals surface area contributed by atoms with E-state index >= 15 is 0 Å². The molecular weight excluding hydrogens is 1540 g/mol. The number of amides is 6. The van der Waals surface area contributed by atoms with Gasteiger partial charge in [0.25, 0.3) is 0 Å². The summed E-state index contributed by atoms with van der Waals surface area (Å²) in [5, 5.41) is 18.7. The molecule has 9 fully saturated rings. The van der Waals surface area contributed by atoms with Crippen molar-refractivity contribution in [2.24, 2.45) is 34.5 Å². The van der Waals surface area contributed by atoms with Crippen molar-refractivity contribution in [3.05, 3.63) is 77.6 Å². The molecule has 5 N–H and O–H groups in total. The summed E-state index contributed by atoms with van der Waals surface area (Å²) < 4.78 is 11.7. The highest BCUT2D eigenvalue weighted by Gasteiger charge is 2.62. The van der Waals surface area contributed by atoms with E-state index in [0.29, 0.717) is 37.1 Å². The van der Waals surface area contributed by atoms with Crippen molar-refractivity contribution in [2.75, 3.05) is 51.1 Å². The van der Waals surface area contributed by atoms with Gasteiger partial charge in [-0.15, -0.1) is 0 Å². The Balaban J connectivity index is 0.000000236. The van der Waals surface area contributed by atoms with Gasteiger partial charge in [-0.1, -0.05) is 134 Å². The van der Waals surface area contributed by atoms with Crippen LogP contribution in [0.5, 0.6) is 0 Å². The average Bonchev–Trinajstić information content (AvgIpc) is 1.58. The molecular formula is C100H169N13O8Si. The second-order valence-electron chi connectivity index (χ2n) is 47.5. The maximum absolute atomic E-state index is 14.9. The number of hydrogen-bond donors (Lipinski definition) is 5. The lowest BCUT2D eigenvalue weighted by atomic mass is 9.58. The van der Waals surface area contributed by atoms with Gasteiger partial charge in [-0.2, -0.15) is 15.0 Å². The fourth-order valence-corrected chi connectivity index (χ4v) is 26.7. The third-order valence-corrected chi connectivity index (χ3v) is 31.8. The van der Waals surface area contributed by atoms with E-state index in [2.05, 4.69) is 195 Å². The number of unbranched alkanes of at least 4 members (excludes halogenated alkanes) is 3. The summed E-state index contributed by atoms with van der Waals surface area (Å²) in [6.45, 7) is 58.7. The van der Waals surface area contributed by atoms with Gasteiger partial charge in [0.1, 0.15) is 5.82 Å². The van der Waals surface area contributed by atoms with E-state index in [0.717, 1.165) is 99.8 Å². The Morgan fingerprint density at radius 1 is 0.525 bits per heavy atom. The molecule has 122 heavy (non-hydrogen) atoms. The lowest BCUT2D eigenvalue weighted by Crippen LogP contribution is -2.63. The highest BCUT2D eigenvalue weighted by atomic mass is 28.4. The first kappa shape index (κ1) is 98.6. The molecule has 0 radical (unpaired) electrons. The number of rotatable bonds is 28. The molecule has 8 heterocycles. The fraction of sp³-hybridized carbons (Fsp3) is 0.790. The second kappa shape index (κ2) is 38.0. The number of carbonyl (C=O) groups is 6. The number of benzene rings is 2. The summed E-state index contributed by atoms with van der Waals surface area (Å²) in [6.07, 6.45) is 23.7. The first-order chi connectivity index (χ1) is 56.3. The molecule has 22 heteroatoms. The highest BCUT2D eigenvalue weighted by molar-refractivity contribution is 6.71. The summed E-state index contributed by atoms with van der Waals surface area (Å²) in [5.41, 5.74) is -0.213. The van der Waals surface area contributed by atoms with E-state index < -0.39 is 42.8 Å². The number of likely N-dealkylation sites (tertiary alicyclic amines) is 3. The number of hydrogen-bond acceptors (Lipinski definition) is 18. The summed E-state index contributed by atoms with van der Waals surface area (Å²) in [5.74, 6) is -2.28. The molecule has 1 aromatic heterocycles. The molecule has 0 bridgehead atoms. The van der Waals surface area contributed by atoms with E-state index in [9.17, 15) is 28.8 Å². The molecule has 12 rings (SSSR count). The van der Waals surface area contributed by atoms with Gasteiger partial charge < -0.3 is 45.5 Å². The molecule has 6 atom stereocenters. The molecule has 7 saturated heterocycles. The molecule has 0 spiro atoms. The molecule has 2 aromatic carbocycles. The van der Waals surface area contributed by atoms with Crippen LogP contribution >= 0.6 is 0 Å². The van der Waals surface area contributed by atoms with Crippen LogP contribution in [0.4, 0.5) is 11.9 Å². The van der Waals surface area contributed by atoms with Gasteiger partial charge in [-0.25, -0.2) is 0 Å². The number of aryl methyl sites for hydroxylation is 1. The monoisotopic (exact) mass is 1710 g/mol. The minimum atomic E-state index is -1.41. The van der Waals surface area contributed by atoms with Gasteiger partial charge in [0, 0.05) is 133 Å². The van der Waals surface area contributed by atoms with Gasteiger partial charge in [0.15, 0.2) is 8.32 Å². The lowest BCUT2D eigenvalue weighted by molar-refractivity contribution is -0.147. The van der Waals surface area contributed by atoms with Crippen LogP contribution in [0.15, 0.2) is 60.7 Å². The molecule has 7 aliphatic heterocycles. The molecule has 9 aliphatic rings. The van der Waals surface area contributed by atoms with Crippen LogP contribution in [0.3, 0.4) is 0 Å². The van der Waals surface area contributed by atoms with Crippen LogP contribution < -0.4 is 31.5 Å². The van der Waals surface area contributed by atoms with Crippen LogP contribution in [0.2, 0.25) is 19.1 Å². The largest absolute Gasteiger partial charge is 0.420 e. The summed E-state index contributed by atoms with van der Waals surface area (Å²) in [4.78, 5) is 111. The normalized spacial score (nSPS) is 27.1. The van der Waals surface area contributed by atoms with Crippen LogP contribution in [0.1, 0.15) is 331 Å². The summed E-state index contributed by atoms with van der Waals surface area (Å²) >= 11 is 0. The summed E-state index contributed by atoms with van der Waals surface area (Å²) in [6, 6.07) is 21.5. The van der Waals surface area contributed by atoms with Crippen molar-refractivity contribution < 1.29 is 39.4 Å². The third kappa shape index (κ3) is 25.5. The van der Waals surface area contributed by atoms with Gasteiger partial charge in [-0.3, -0.25) is 43.5 Å². The maximum Gasteiger partial charge on any atom is 0.233 e. The molecule has 6 unspecified atom stereocenters. The Bertz CT molecular complexity index is 4010. The van der Waals surface area contributed by atoms with E-state index in [1.807, 2.05) is 88.5 Å². The number of nitrogens with zero attached hydrogens (tertiary/aromatic N) is 8. The van der Waals surface area contributed by atoms with Crippen molar-refractivity contribution in [1.29, 1.82) is 0 Å². The topological polar surface area (TPSA) is 236 Å². The number of imide groups is 3. The standard InChI is InChI=1S/C50H68N4O6.C35H66N8.C15H33NO2Si.H2/c1-45(2)25-34(26-46(3,4)30-45)53-38(55)22-31(41(53)57)24-50(10,33-20-16-13-17-21-33)40-36(42(58)52(11)44(40)60)29-49(9,32-18-14-12-15-19-32)37-23-39(56)54(43(37)59)35-27-47(5,6)51-48(7,8)28-35;1-26-36-30(38-27-18-14-13-15-19-27)39-31(37-26)43(29-24-34(6,7)41-35(8,9)25-29)21-17-12-11-16-20-42(10)28-22-32(2,3)40-33(4,5)23-28;1-14(2)11-13(12-15(3,4)16-14)18-9-8-10-19(6,7)17-5;/h12-21,31,34-37,40,51H,22-30H2,1-11H3;27-29,40-41H,11-25H2,1-10H3,(H,36,37,38,39);13,16H,8-12H2,1-7H3;1H. The van der Waals surface area contributed by atoms with Crippen molar-refractivity contribution in [1.82, 2.24) is 55.8 Å².